The Labute approximate surface area is 33.7 Å². The first-order valence-electron chi connectivity index (χ1n) is 1.13. The number of rotatable bonds is 0. The average molecular weight is 96.5 g/mol. The highest BCUT2D eigenvalue weighted by Gasteiger charge is 1.71. The highest BCUT2D eigenvalue weighted by Crippen LogP contribution is 1.99. The molecule has 0 aromatic heterocycles. The molecule has 0 spiro atoms. The SMILES string of the molecule is CC(P)Cl. The van der Waals surface area contributed by atoms with Gasteiger partial charge in [-0.05, 0) is 6.92 Å². The van der Waals surface area contributed by atoms with Crippen LogP contribution >= 0.6 is 20.8 Å². The van der Waals surface area contributed by atoms with E-state index in [-0.39, 0.29) is 5.12 Å². The molecular weight excluding hydrogens is 90.4 g/mol. The van der Waals surface area contributed by atoms with Gasteiger partial charge in [0.15, 0.2) is 0 Å². The van der Waals surface area contributed by atoms with Crippen LogP contribution in [0.4, 0.5) is 0 Å². The van der Waals surface area contributed by atoms with E-state index in [0.29, 0.717) is 0 Å². The molecule has 0 rings (SSSR count). The summed E-state index contributed by atoms with van der Waals surface area (Å²) in [5, 5.41) is 0.222. The van der Waals surface area contributed by atoms with Crippen LogP contribution in [-0.2, 0) is 0 Å². The predicted molar refractivity (Wildman–Crippen MR) is 25.0 cm³/mol. The van der Waals surface area contributed by atoms with Crippen molar-refractivity contribution in [3.05, 3.63) is 0 Å². The van der Waals surface area contributed by atoms with Gasteiger partial charge in [-0.2, -0.15) is 0 Å². The number of hydrogen-bond acceptors (Lipinski definition) is 0. The minimum absolute atomic E-state index is 0.222. The molecule has 0 saturated carbocycles. The minimum atomic E-state index is 0.222. The summed E-state index contributed by atoms with van der Waals surface area (Å²) in [5.41, 5.74) is 0. The van der Waals surface area contributed by atoms with E-state index in [1.54, 1.807) is 0 Å². The Morgan fingerprint density at radius 2 is 2.00 bits per heavy atom. The van der Waals surface area contributed by atoms with Gasteiger partial charge < -0.3 is 0 Å². The van der Waals surface area contributed by atoms with Crippen LogP contribution < -0.4 is 0 Å². The van der Waals surface area contributed by atoms with Gasteiger partial charge in [0.2, 0.25) is 0 Å². The summed E-state index contributed by atoms with van der Waals surface area (Å²) in [6.07, 6.45) is 0. The minimum Gasteiger partial charge on any atom is -0.119 e. The van der Waals surface area contributed by atoms with E-state index in [9.17, 15) is 0 Å². The Morgan fingerprint density at radius 3 is 2.00 bits per heavy atom. The predicted octanol–water partition coefficient (Wildman–Crippen LogP) is 1.45. The van der Waals surface area contributed by atoms with Gasteiger partial charge in [-0.3, -0.25) is 0 Å². The quantitative estimate of drug-likeness (QED) is 0.316. The van der Waals surface area contributed by atoms with Crippen molar-refractivity contribution >= 4 is 20.8 Å². The van der Waals surface area contributed by atoms with Crippen LogP contribution in [-0.4, -0.2) is 5.12 Å². The molecule has 0 aliphatic heterocycles. The molecule has 2 unspecified atom stereocenters. The molecule has 2 atom stereocenters. The van der Waals surface area contributed by atoms with Crippen LogP contribution in [0.3, 0.4) is 0 Å². The van der Waals surface area contributed by atoms with Gasteiger partial charge in [0.25, 0.3) is 0 Å². The summed E-state index contributed by atoms with van der Waals surface area (Å²) in [7, 11) is 2.42. The lowest BCUT2D eigenvalue weighted by Crippen LogP contribution is -1.61. The van der Waals surface area contributed by atoms with E-state index in [1.165, 1.54) is 0 Å². The number of alkyl halides is 1. The van der Waals surface area contributed by atoms with E-state index in [4.69, 9.17) is 11.6 Å². The maximum absolute atomic E-state index is 5.24. The zero-order chi connectivity index (χ0) is 3.58. The van der Waals surface area contributed by atoms with Gasteiger partial charge in [-0.1, -0.05) is 0 Å². The van der Waals surface area contributed by atoms with E-state index in [0.717, 1.165) is 0 Å². The molecule has 26 valence electrons. The second kappa shape index (κ2) is 1.99. The topological polar surface area (TPSA) is 0 Å². The lowest BCUT2D eigenvalue weighted by Gasteiger charge is -1.76. The first kappa shape index (κ1) is 4.72. The van der Waals surface area contributed by atoms with Crippen molar-refractivity contribution in [1.29, 1.82) is 0 Å². The van der Waals surface area contributed by atoms with E-state index >= 15 is 0 Å². The van der Waals surface area contributed by atoms with Crippen molar-refractivity contribution in [2.24, 2.45) is 0 Å². The Hall–Kier alpha value is 0.720. The Morgan fingerprint density at radius 1 is 2.00 bits per heavy atom. The average Bonchev–Trinajstić information content (AvgIpc) is 0.811. The zero-order valence-corrected chi connectivity index (χ0v) is 4.44. The monoisotopic (exact) mass is 96.0 g/mol. The van der Waals surface area contributed by atoms with E-state index < -0.39 is 0 Å². The van der Waals surface area contributed by atoms with Crippen molar-refractivity contribution in [3.63, 3.8) is 0 Å². The van der Waals surface area contributed by atoms with Gasteiger partial charge in [0.05, 0.1) is 0 Å². The molecule has 0 radical (unpaired) electrons. The van der Waals surface area contributed by atoms with Crippen molar-refractivity contribution < 1.29 is 0 Å². The zero-order valence-electron chi connectivity index (χ0n) is 2.53. The molecule has 2 heteroatoms. The summed E-state index contributed by atoms with van der Waals surface area (Å²) in [6.45, 7) is 1.90. The standard InChI is InChI=1S/C2H6ClP/c1-2(3)4/h2H,4H2,1H3. The van der Waals surface area contributed by atoms with Crippen LogP contribution in [0.15, 0.2) is 0 Å². The largest absolute Gasteiger partial charge is 0.119 e. The first-order chi connectivity index (χ1) is 1.73. The second-order valence-electron chi connectivity index (χ2n) is 0.678. The van der Waals surface area contributed by atoms with E-state index in [2.05, 4.69) is 9.24 Å². The lowest BCUT2D eigenvalue weighted by molar-refractivity contribution is 1.41. The highest BCUT2D eigenvalue weighted by atomic mass is 35.5. The molecule has 0 aromatic rings. The van der Waals surface area contributed by atoms with Gasteiger partial charge in [-0.25, -0.2) is 0 Å². The van der Waals surface area contributed by atoms with Crippen molar-refractivity contribution in [2.75, 3.05) is 0 Å². The summed E-state index contributed by atoms with van der Waals surface area (Å²) < 4.78 is 0. The summed E-state index contributed by atoms with van der Waals surface area (Å²) in [4.78, 5) is 0. The summed E-state index contributed by atoms with van der Waals surface area (Å²) >= 11 is 5.24. The lowest BCUT2D eigenvalue weighted by atomic mass is 11.0. The molecule has 0 fully saturated rings. The third-order valence-corrected chi connectivity index (χ3v) is 0. The van der Waals surface area contributed by atoms with Crippen LogP contribution in [0.1, 0.15) is 6.92 Å². The van der Waals surface area contributed by atoms with Gasteiger partial charge >= 0.3 is 0 Å². The Kier molecular flexibility index (Phi) is 2.35. The van der Waals surface area contributed by atoms with E-state index in [1.807, 2.05) is 6.92 Å². The molecule has 0 nitrogen and oxygen atoms in total. The van der Waals surface area contributed by atoms with Gasteiger partial charge in [0, 0.05) is 5.12 Å². The highest BCUT2D eigenvalue weighted by molar-refractivity contribution is 7.20. The van der Waals surface area contributed by atoms with Crippen LogP contribution in [0.25, 0.3) is 0 Å². The molecule has 0 aromatic carbocycles. The molecule has 4 heavy (non-hydrogen) atoms. The van der Waals surface area contributed by atoms with Crippen molar-refractivity contribution in [1.82, 2.24) is 0 Å². The van der Waals surface area contributed by atoms with Gasteiger partial charge in [-0.15, -0.1) is 20.8 Å². The fourth-order valence-corrected chi connectivity index (χ4v) is 0. The van der Waals surface area contributed by atoms with Crippen LogP contribution in [0, 0.1) is 0 Å². The molecule has 0 heterocycles. The molecular formula is C2H6ClP. The molecule has 0 N–H and O–H groups in total. The van der Waals surface area contributed by atoms with Crippen molar-refractivity contribution in [3.8, 4) is 0 Å². The molecule has 0 saturated heterocycles. The smallest absolute Gasteiger partial charge is 0.0448 e. The van der Waals surface area contributed by atoms with Crippen molar-refractivity contribution in [2.45, 2.75) is 12.0 Å². The maximum Gasteiger partial charge on any atom is 0.0448 e. The number of halogens is 1. The fourth-order valence-electron chi connectivity index (χ4n) is 0. The second-order valence-corrected chi connectivity index (χ2v) is 2.79. The summed E-state index contributed by atoms with van der Waals surface area (Å²) in [6, 6.07) is 0. The third-order valence-electron chi connectivity index (χ3n) is 0. The molecule has 0 bridgehead atoms. The molecule has 0 amide bonds. The maximum atomic E-state index is 5.24. The molecule has 0 aliphatic carbocycles. The summed E-state index contributed by atoms with van der Waals surface area (Å²) in [5.74, 6) is 0. The third kappa shape index (κ3) is 15.5. The molecule has 0 aliphatic rings. The Balaban J connectivity index is 2.32. The first-order valence-corrected chi connectivity index (χ1v) is 2.23. The van der Waals surface area contributed by atoms with Gasteiger partial charge in [0.1, 0.15) is 0 Å². The van der Waals surface area contributed by atoms with Crippen LogP contribution in [0.2, 0.25) is 0 Å². The number of hydrogen-bond donors (Lipinski definition) is 0. The Bertz CT molecular complexity index is 10.8. The normalized spacial score (nSPS) is 15.8. The van der Waals surface area contributed by atoms with Crippen LogP contribution in [0.5, 0.6) is 0 Å². The fraction of sp³-hybridized carbons (Fsp3) is 1.00.